The van der Waals surface area contributed by atoms with Gasteiger partial charge in [-0.05, 0) is 55.2 Å². The fraction of sp³-hybridized carbons (Fsp3) is 0.382. The van der Waals surface area contributed by atoms with Crippen molar-refractivity contribution in [3.05, 3.63) is 72.6 Å². The lowest BCUT2D eigenvalue weighted by Crippen LogP contribution is -2.43. The van der Waals surface area contributed by atoms with E-state index in [9.17, 15) is 22.0 Å². The van der Waals surface area contributed by atoms with E-state index >= 15 is 0 Å². The van der Waals surface area contributed by atoms with Gasteiger partial charge in [0.1, 0.15) is 5.69 Å². The van der Waals surface area contributed by atoms with Crippen LogP contribution in [0.15, 0.2) is 71.9 Å². The van der Waals surface area contributed by atoms with Crippen LogP contribution in [0.25, 0.3) is 22.0 Å². The van der Waals surface area contributed by atoms with Gasteiger partial charge in [-0.2, -0.15) is 0 Å². The smallest absolute Gasteiger partial charge is 0.262 e. The lowest BCUT2D eigenvalue weighted by Gasteiger charge is -2.37. The van der Waals surface area contributed by atoms with E-state index in [0.717, 1.165) is 47.0 Å². The quantitative estimate of drug-likeness (QED) is 0.223. The average molecular weight is 648 g/mol. The molecule has 2 aromatic carbocycles. The molecule has 46 heavy (non-hydrogen) atoms. The van der Waals surface area contributed by atoms with Crippen molar-refractivity contribution in [1.82, 2.24) is 14.9 Å². The van der Waals surface area contributed by atoms with Crippen molar-refractivity contribution >= 4 is 38.2 Å². The van der Waals surface area contributed by atoms with Gasteiger partial charge < -0.3 is 14.5 Å². The Morgan fingerprint density at radius 2 is 1.72 bits per heavy atom. The number of ether oxygens (including phenoxy) is 1. The molecule has 240 valence electrons. The van der Waals surface area contributed by atoms with Crippen LogP contribution in [0.1, 0.15) is 44.1 Å². The van der Waals surface area contributed by atoms with Crippen LogP contribution in [0, 0.1) is 0 Å². The molecule has 7 rings (SSSR count). The summed E-state index contributed by atoms with van der Waals surface area (Å²) < 4.78 is 62.4. The van der Waals surface area contributed by atoms with Gasteiger partial charge in [-0.1, -0.05) is 30.7 Å². The zero-order chi connectivity index (χ0) is 32.1. The molecule has 1 amide bonds. The van der Waals surface area contributed by atoms with Crippen LogP contribution in [0.4, 0.5) is 20.2 Å². The van der Waals surface area contributed by atoms with E-state index in [0.29, 0.717) is 31.6 Å². The Kier molecular flexibility index (Phi) is 7.67. The molecule has 4 aromatic rings. The number of sulfonamides is 1. The number of hydrogen-bond acceptors (Lipinski definition) is 7. The summed E-state index contributed by atoms with van der Waals surface area (Å²) in [5, 5.41) is 0.898. The molecule has 0 unspecified atom stereocenters. The van der Waals surface area contributed by atoms with Crippen molar-refractivity contribution in [1.29, 1.82) is 0 Å². The Labute approximate surface area is 266 Å². The number of pyridine rings is 2. The monoisotopic (exact) mass is 647 g/mol. The zero-order valence-electron chi connectivity index (χ0n) is 25.5. The molecule has 1 spiro atoms. The van der Waals surface area contributed by atoms with E-state index < -0.39 is 21.4 Å². The van der Waals surface area contributed by atoms with Crippen LogP contribution in [-0.4, -0.2) is 68.4 Å². The third-order valence-corrected chi connectivity index (χ3v) is 10.9. The summed E-state index contributed by atoms with van der Waals surface area (Å²) in [6.07, 6.45) is 6.27. The van der Waals surface area contributed by atoms with Crippen LogP contribution in [0.3, 0.4) is 0 Å². The molecular weight excluding hydrogens is 612 g/mol. The number of aromatic nitrogens is 2. The Hall–Kier alpha value is -4.16. The van der Waals surface area contributed by atoms with Crippen LogP contribution in [0.2, 0.25) is 0 Å². The normalized spacial score (nSPS) is 18.8. The number of benzene rings is 2. The number of anilines is 2. The third-order valence-electron chi connectivity index (χ3n) is 9.54. The van der Waals surface area contributed by atoms with Crippen LogP contribution < -0.4 is 14.4 Å². The number of rotatable bonds is 9. The molecule has 2 fully saturated rings. The van der Waals surface area contributed by atoms with Gasteiger partial charge in [0, 0.05) is 62.2 Å². The SMILES string of the molecule is CN1C(=O)C2(CCC2)c2c1cnc1ccc(-c3cnc(OCCCN4CCC(F)(F)CC4)c(NS(=O)(=O)c4ccccc4)c3)cc21. The first-order valence-electron chi connectivity index (χ1n) is 15.6. The summed E-state index contributed by atoms with van der Waals surface area (Å²) in [6, 6.07) is 15.6. The minimum Gasteiger partial charge on any atom is -0.476 e. The first-order chi connectivity index (χ1) is 22.1. The third kappa shape index (κ3) is 5.47. The second kappa shape index (κ2) is 11.6. The standard InChI is InChI=1S/C34H35F2N5O4S/c1-40-29-22-37-27-10-9-23(19-26(27)30(29)33(32(40)42)11-5-12-33)24-20-28(39-46(43,44)25-7-3-2-4-8-25)31(38-21-24)45-18-6-15-41-16-13-34(35,36)14-17-41/h2-4,7-10,19-22,39H,5-6,11-18H2,1H3. The van der Waals surface area contributed by atoms with Gasteiger partial charge in [-0.25, -0.2) is 22.2 Å². The Morgan fingerprint density at radius 3 is 2.43 bits per heavy atom. The highest BCUT2D eigenvalue weighted by molar-refractivity contribution is 7.92. The van der Waals surface area contributed by atoms with Gasteiger partial charge in [-0.15, -0.1) is 0 Å². The number of halogens is 2. The fourth-order valence-electron chi connectivity index (χ4n) is 6.81. The minimum absolute atomic E-state index is 0.0974. The molecular formula is C34H35F2N5O4S. The van der Waals surface area contributed by atoms with Crippen molar-refractivity contribution < 1.29 is 26.7 Å². The maximum atomic E-state index is 13.5. The summed E-state index contributed by atoms with van der Waals surface area (Å²) in [6.45, 7) is 1.49. The molecule has 3 aliphatic rings. The summed E-state index contributed by atoms with van der Waals surface area (Å²) in [4.78, 5) is 26.2. The van der Waals surface area contributed by atoms with E-state index in [1.165, 1.54) is 12.1 Å². The number of alkyl halides is 2. The highest BCUT2D eigenvalue weighted by atomic mass is 32.2. The molecule has 9 nitrogen and oxygen atoms in total. The number of amides is 1. The summed E-state index contributed by atoms with van der Waals surface area (Å²) in [7, 11) is -2.17. The predicted molar refractivity (Wildman–Crippen MR) is 172 cm³/mol. The predicted octanol–water partition coefficient (Wildman–Crippen LogP) is 6.00. The first kappa shape index (κ1) is 30.5. The van der Waals surface area contributed by atoms with Crippen LogP contribution in [-0.2, 0) is 20.2 Å². The lowest BCUT2D eigenvalue weighted by molar-refractivity contribution is -0.125. The van der Waals surface area contributed by atoms with Crippen molar-refractivity contribution in [2.45, 2.75) is 54.8 Å². The highest BCUT2D eigenvalue weighted by Gasteiger charge is 2.54. The summed E-state index contributed by atoms with van der Waals surface area (Å²) in [5.41, 5.74) is 3.73. The number of nitrogens with one attached hydrogen (secondary N) is 1. The van der Waals surface area contributed by atoms with Gasteiger partial charge in [0.15, 0.2) is 0 Å². The highest BCUT2D eigenvalue weighted by Crippen LogP contribution is 2.55. The number of nitrogens with zero attached hydrogens (tertiary/aromatic N) is 4. The van der Waals surface area contributed by atoms with Gasteiger partial charge in [0.2, 0.25) is 11.8 Å². The number of carbonyl (C=O) groups excluding carboxylic acids is 1. The summed E-state index contributed by atoms with van der Waals surface area (Å²) in [5.74, 6) is -2.37. The number of likely N-dealkylation sites (N-methyl/N-ethyl adjacent to an activating group) is 1. The van der Waals surface area contributed by atoms with Crippen LogP contribution in [0.5, 0.6) is 5.88 Å². The number of fused-ring (bicyclic) bond motifs is 4. The fourth-order valence-corrected chi connectivity index (χ4v) is 7.88. The number of hydrogen-bond donors (Lipinski definition) is 1. The topological polar surface area (TPSA) is 105 Å². The van der Waals surface area contributed by atoms with Crippen LogP contribution >= 0.6 is 0 Å². The maximum Gasteiger partial charge on any atom is 0.262 e. The molecule has 1 N–H and O–H groups in total. The van der Waals surface area contributed by atoms with Crippen molar-refractivity contribution in [3.8, 4) is 17.0 Å². The second-order valence-corrected chi connectivity index (χ2v) is 14.1. The van der Waals surface area contributed by atoms with E-state index in [-0.39, 0.29) is 41.8 Å². The van der Waals surface area contributed by atoms with Gasteiger partial charge in [0.05, 0.1) is 34.3 Å². The molecule has 1 saturated carbocycles. The molecule has 0 atom stereocenters. The summed E-state index contributed by atoms with van der Waals surface area (Å²) >= 11 is 0. The number of likely N-dealkylation sites (tertiary alicyclic amines) is 1. The molecule has 2 aliphatic heterocycles. The van der Waals surface area contributed by atoms with E-state index in [1.807, 2.05) is 23.1 Å². The largest absolute Gasteiger partial charge is 0.476 e. The van der Waals surface area contributed by atoms with Crippen molar-refractivity contribution in [2.75, 3.05) is 42.9 Å². The maximum absolute atomic E-state index is 13.5. The van der Waals surface area contributed by atoms with Crippen molar-refractivity contribution in [2.24, 2.45) is 0 Å². The second-order valence-electron chi connectivity index (χ2n) is 12.4. The lowest BCUT2D eigenvalue weighted by atomic mass is 9.64. The molecule has 1 aliphatic carbocycles. The number of carbonyl (C=O) groups is 1. The molecule has 4 heterocycles. The van der Waals surface area contributed by atoms with E-state index in [4.69, 9.17) is 4.74 Å². The molecule has 1 saturated heterocycles. The van der Waals surface area contributed by atoms with E-state index in [2.05, 4.69) is 14.7 Å². The van der Waals surface area contributed by atoms with Gasteiger partial charge in [0.25, 0.3) is 15.9 Å². The Morgan fingerprint density at radius 1 is 0.957 bits per heavy atom. The van der Waals surface area contributed by atoms with Gasteiger partial charge in [-0.3, -0.25) is 14.5 Å². The molecule has 0 radical (unpaired) electrons. The van der Waals surface area contributed by atoms with Crippen molar-refractivity contribution in [3.63, 3.8) is 0 Å². The number of piperidine rings is 1. The minimum atomic E-state index is -3.96. The van der Waals surface area contributed by atoms with Gasteiger partial charge >= 0.3 is 0 Å². The molecule has 0 bridgehead atoms. The Bertz CT molecular complexity index is 1910. The van der Waals surface area contributed by atoms with E-state index in [1.54, 1.807) is 48.6 Å². The Balaban J connectivity index is 1.19. The average Bonchev–Trinajstić information content (AvgIpc) is 3.27. The molecule has 12 heteroatoms. The first-order valence-corrected chi connectivity index (χ1v) is 17.1. The molecule has 2 aromatic heterocycles. The zero-order valence-corrected chi connectivity index (χ0v) is 26.3.